The van der Waals surface area contributed by atoms with Gasteiger partial charge in [-0.05, 0) is 40.2 Å². The minimum absolute atomic E-state index is 0.107. The number of hydrogen-bond acceptors (Lipinski definition) is 8. The molecule has 0 unspecified atom stereocenters. The second-order valence-corrected chi connectivity index (χ2v) is 8.29. The van der Waals surface area contributed by atoms with Crippen molar-refractivity contribution in [2.75, 3.05) is 13.2 Å². The molecule has 0 aromatic carbocycles. The van der Waals surface area contributed by atoms with Gasteiger partial charge in [-0.15, -0.1) is 0 Å². The number of pyridine rings is 2. The van der Waals surface area contributed by atoms with Gasteiger partial charge >= 0.3 is 12.1 Å². The van der Waals surface area contributed by atoms with E-state index in [9.17, 15) is 9.59 Å². The molecule has 168 valence electrons. The number of nitrogens with zero attached hydrogens (tertiary/aromatic N) is 4. The first-order valence-electron chi connectivity index (χ1n) is 10.3. The van der Waals surface area contributed by atoms with E-state index in [0.29, 0.717) is 30.0 Å². The second-order valence-electron chi connectivity index (χ2n) is 8.29. The third kappa shape index (κ3) is 5.72. The minimum atomic E-state index is -0.613. The van der Waals surface area contributed by atoms with E-state index < -0.39 is 17.7 Å². The molecule has 1 aliphatic rings. The number of aromatic nitrogens is 2. The molecule has 3 heterocycles. The fraction of sp³-hybridized carbons (Fsp3) is 0.435. The maximum absolute atomic E-state index is 12.5. The van der Waals surface area contributed by atoms with Crippen LogP contribution in [0.1, 0.15) is 60.6 Å². The maximum atomic E-state index is 12.5. The van der Waals surface area contributed by atoms with Crippen molar-refractivity contribution in [3.05, 3.63) is 52.6 Å². The van der Waals surface area contributed by atoms with Crippen LogP contribution in [0.25, 0.3) is 0 Å². The van der Waals surface area contributed by atoms with Crippen molar-refractivity contribution in [1.29, 1.82) is 5.26 Å². The van der Waals surface area contributed by atoms with Crippen LogP contribution < -0.4 is 4.74 Å². The van der Waals surface area contributed by atoms with Crippen molar-refractivity contribution in [1.82, 2.24) is 14.9 Å². The highest BCUT2D eigenvalue weighted by molar-refractivity contribution is 5.88. The fourth-order valence-electron chi connectivity index (χ4n) is 3.21. The van der Waals surface area contributed by atoms with Gasteiger partial charge in [0, 0.05) is 36.1 Å². The van der Waals surface area contributed by atoms with Gasteiger partial charge in [0.05, 0.1) is 24.4 Å². The van der Waals surface area contributed by atoms with Gasteiger partial charge in [0.2, 0.25) is 0 Å². The normalized spacial score (nSPS) is 13.0. The third-order valence-electron chi connectivity index (χ3n) is 4.60. The Morgan fingerprint density at radius 2 is 2.03 bits per heavy atom. The zero-order chi connectivity index (χ0) is 23.3. The molecular formula is C23H26N4O5. The van der Waals surface area contributed by atoms with Gasteiger partial charge in [-0.1, -0.05) is 0 Å². The summed E-state index contributed by atoms with van der Waals surface area (Å²) in [5.41, 5.74) is 2.03. The average molecular weight is 438 g/mol. The molecule has 3 rings (SSSR count). The summed E-state index contributed by atoms with van der Waals surface area (Å²) >= 11 is 0. The molecule has 1 aliphatic heterocycles. The molecule has 0 aliphatic carbocycles. The summed E-state index contributed by atoms with van der Waals surface area (Å²) in [6, 6.07) is 5.30. The lowest BCUT2D eigenvalue weighted by molar-refractivity contribution is 0.0219. The first kappa shape index (κ1) is 23.0. The number of nitriles is 1. The molecule has 0 atom stereocenters. The van der Waals surface area contributed by atoms with Crippen LogP contribution in [0.4, 0.5) is 4.79 Å². The Labute approximate surface area is 186 Å². The van der Waals surface area contributed by atoms with Crippen molar-refractivity contribution >= 4 is 12.1 Å². The highest BCUT2D eigenvalue weighted by atomic mass is 16.6. The predicted octanol–water partition coefficient (Wildman–Crippen LogP) is 3.40. The summed E-state index contributed by atoms with van der Waals surface area (Å²) in [6.45, 7) is 8.14. The molecule has 9 heteroatoms. The summed E-state index contributed by atoms with van der Waals surface area (Å²) < 4.78 is 16.6. The van der Waals surface area contributed by atoms with E-state index in [4.69, 9.17) is 19.5 Å². The zero-order valence-corrected chi connectivity index (χ0v) is 18.7. The molecule has 0 saturated heterocycles. The van der Waals surface area contributed by atoms with E-state index in [1.807, 2.05) is 26.8 Å². The highest BCUT2D eigenvalue weighted by Gasteiger charge is 2.29. The Kier molecular flexibility index (Phi) is 6.93. The number of amides is 1. The molecule has 0 fully saturated rings. The van der Waals surface area contributed by atoms with E-state index in [0.717, 1.165) is 11.1 Å². The number of hydrogen-bond donors (Lipinski definition) is 0. The molecule has 0 radical (unpaired) electrons. The van der Waals surface area contributed by atoms with Gasteiger partial charge in [0.15, 0.2) is 5.69 Å². The van der Waals surface area contributed by atoms with E-state index in [2.05, 4.69) is 9.97 Å². The molecular weight excluding hydrogens is 412 g/mol. The van der Waals surface area contributed by atoms with Gasteiger partial charge in [-0.3, -0.25) is 4.98 Å². The quantitative estimate of drug-likeness (QED) is 0.653. The summed E-state index contributed by atoms with van der Waals surface area (Å²) in [7, 11) is 0. The van der Waals surface area contributed by atoms with Crippen molar-refractivity contribution in [3.8, 4) is 11.8 Å². The molecule has 0 bridgehead atoms. The lowest BCUT2D eigenvalue weighted by Gasteiger charge is -2.31. The smallest absolute Gasteiger partial charge is 0.410 e. The third-order valence-corrected chi connectivity index (χ3v) is 4.60. The molecule has 0 N–H and O–H groups in total. The van der Waals surface area contributed by atoms with Crippen molar-refractivity contribution in [3.63, 3.8) is 0 Å². The van der Waals surface area contributed by atoms with E-state index in [1.165, 1.54) is 6.20 Å². The summed E-state index contributed by atoms with van der Waals surface area (Å²) in [6.07, 6.45) is 3.15. The Hall–Kier alpha value is -3.67. The van der Waals surface area contributed by atoms with E-state index in [1.54, 1.807) is 30.2 Å². The Balaban J connectivity index is 1.88. The van der Waals surface area contributed by atoms with Crippen LogP contribution in [0.2, 0.25) is 0 Å². The summed E-state index contributed by atoms with van der Waals surface area (Å²) in [4.78, 5) is 34.9. The number of fused-ring (bicyclic) bond motifs is 1. The largest absolute Gasteiger partial charge is 0.488 e. The second kappa shape index (κ2) is 9.64. The number of carbonyl (C=O) groups is 2. The highest BCUT2D eigenvalue weighted by Crippen LogP contribution is 2.29. The van der Waals surface area contributed by atoms with E-state index in [-0.39, 0.29) is 25.5 Å². The average Bonchev–Trinajstić information content (AvgIpc) is 2.76. The van der Waals surface area contributed by atoms with Crippen molar-refractivity contribution < 1.29 is 23.8 Å². The first-order valence-corrected chi connectivity index (χ1v) is 10.3. The topological polar surface area (TPSA) is 115 Å². The first-order chi connectivity index (χ1) is 15.2. The Morgan fingerprint density at radius 3 is 2.72 bits per heavy atom. The van der Waals surface area contributed by atoms with Crippen LogP contribution in [-0.2, 0) is 29.0 Å². The van der Waals surface area contributed by atoms with Gasteiger partial charge in [0.1, 0.15) is 24.0 Å². The molecule has 0 spiro atoms. The molecule has 1 amide bonds. The fourth-order valence-corrected chi connectivity index (χ4v) is 3.21. The van der Waals surface area contributed by atoms with Crippen molar-refractivity contribution in [2.45, 2.75) is 52.9 Å². The van der Waals surface area contributed by atoms with Gasteiger partial charge < -0.3 is 19.1 Å². The van der Waals surface area contributed by atoms with Gasteiger partial charge in [-0.25, -0.2) is 14.6 Å². The number of esters is 1. The zero-order valence-electron chi connectivity index (χ0n) is 18.7. The lowest BCUT2D eigenvalue weighted by atomic mass is 10.0. The van der Waals surface area contributed by atoms with Gasteiger partial charge in [0.25, 0.3) is 0 Å². The lowest BCUT2D eigenvalue weighted by Crippen LogP contribution is -2.40. The molecule has 32 heavy (non-hydrogen) atoms. The minimum Gasteiger partial charge on any atom is -0.488 e. The number of ether oxygens (including phenoxy) is 3. The monoisotopic (exact) mass is 438 g/mol. The Bertz CT molecular complexity index is 1060. The van der Waals surface area contributed by atoms with Crippen LogP contribution >= 0.6 is 0 Å². The van der Waals surface area contributed by atoms with Crippen LogP contribution in [0, 0.1) is 11.3 Å². The van der Waals surface area contributed by atoms with Crippen molar-refractivity contribution in [2.24, 2.45) is 0 Å². The van der Waals surface area contributed by atoms with Crippen LogP contribution in [0.15, 0.2) is 24.5 Å². The maximum Gasteiger partial charge on any atom is 0.410 e. The van der Waals surface area contributed by atoms with Gasteiger partial charge in [-0.2, -0.15) is 5.26 Å². The predicted molar refractivity (Wildman–Crippen MR) is 114 cm³/mol. The van der Waals surface area contributed by atoms with Crippen LogP contribution in [-0.4, -0.2) is 45.7 Å². The standard InChI is InChI=1S/C23H26N4O5/c1-5-30-21(28)18-9-20(31-14-16-8-15(10-24)11-25-12-16)17-6-7-27(13-19(17)26-18)22(29)32-23(2,3)4/h8-9,11-12H,5-7,13-14H2,1-4H3. The SMILES string of the molecule is CCOC(=O)c1cc(OCc2cncc(C#N)c2)c2c(n1)CN(C(=O)OC(C)(C)C)CC2. The molecule has 0 saturated carbocycles. The number of rotatable bonds is 5. The molecule has 2 aromatic rings. The van der Waals surface area contributed by atoms with Crippen LogP contribution in [0.3, 0.4) is 0 Å². The molecule has 9 nitrogen and oxygen atoms in total. The summed E-state index contributed by atoms with van der Waals surface area (Å²) in [5, 5.41) is 9.06. The van der Waals surface area contributed by atoms with Crippen LogP contribution in [0.5, 0.6) is 5.75 Å². The number of carbonyl (C=O) groups excluding carboxylic acids is 2. The van der Waals surface area contributed by atoms with E-state index >= 15 is 0 Å². The summed E-state index contributed by atoms with van der Waals surface area (Å²) in [5.74, 6) is -0.0769. The molecule has 2 aromatic heterocycles. The Morgan fingerprint density at radius 1 is 1.25 bits per heavy atom.